The zero-order valence-electron chi connectivity index (χ0n) is 19.6. The van der Waals surface area contributed by atoms with Gasteiger partial charge >= 0.3 is 5.97 Å². The Balaban J connectivity index is 2.30. The van der Waals surface area contributed by atoms with E-state index in [1.54, 1.807) is 43.3 Å². The summed E-state index contributed by atoms with van der Waals surface area (Å²) in [6.45, 7) is 0.0694. The van der Waals surface area contributed by atoms with E-state index in [0.717, 1.165) is 5.41 Å². The summed E-state index contributed by atoms with van der Waals surface area (Å²) < 4.78 is 52.1. The van der Waals surface area contributed by atoms with Crippen molar-refractivity contribution in [2.24, 2.45) is 0 Å². The van der Waals surface area contributed by atoms with E-state index >= 15 is 0 Å². The minimum absolute atomic E-state index is 0.0694. The molecule has 0 atom stereocenters. The molecule has 0 bridgehead atoms. The minimum Gasteiger partial charge on any atom is -0.496 e. The molecule has 0 aromatic heterocycles. The van der Waals surface area contributed by atoms with Crippen LogP contribution < -0.4 is 23.7 Å². The second-order valence-electron chi connectivity index (χ2n) is 7.25. The number of rotatable bonds is 11. The zero-order chi connectivity index (χ0) is 24.6. The fourth-order valence-electron chi connectivity index (χ4n) is 2.95. The zero-order valence-corrected chi connectivity index (χ0v) is 20.4. The van der Waals surface area contributed by atoms with E-state index in [9.17, 15) is 13.2 Å². The fraction of sp³-hybridized carbons (Fsp3) is 0.348. The lowest BCUT2D eigenvalue weighted by atomic mass is 10.1. The molecule has 0 unspecified atom stereocenters. The van der Waals surface area contributed by atoms with Gasteiger partial charge in [-0.15, -0.1) is 0 Å². The van der Waals surface area contributed by atoms with Gasteiger partial charge in [-0.3, -0.25) is 9.69 Å². The lowest BCUT2D eigenvalue weighted by molar-refractivity contribution is -0.135. The maximum absolute atomic E-state index is 12.8. The van der Waals surface area contributed by atoms with Gasteiger partial charge in [0.25, 0.3) is 0 Å². The van der Waals surface area contributed by atoms with Crippen LogP contribution in [0.3, 0.4) is 0 Å². The number of esters is 1. The third kappa shape index (κ3) is 7.40. The molecular formula is C23H29NO8S. The van der Waals surface area contributed by atoms with Gasteiger partial charge < -0.3 is 23.7 Å². The van der Waals surface area contributed by atoms with E-state index < -0.39 is 15.8 Å². The number of sulfone groups is 1. The van der Waals surface area contributed by atoms with Gasteiger partial charge in [0.2, 0.25) is 0 Å². The van der Waals surface area contributed by atoms with Crippen molar-refractivity contribution in [1.82, 2.24) is 4.90 Å². The van der Waals surface area contributed by atoms with E-state index in [1.807, 2.05) is 0 Å². The molecule has 0 saturated heterocycles. The number of carbonyl (C=O) groups is 1. The van der Waals surface area contributed by atoms with E-state index in [2.05, 4.69) is 0 Å². The third-order valence-corrected chi connectivity index (χ3v) is 5.75. The van der Waals surface area contributed by atoms with Crippen molar-refractivity contribution >= 4 is 21.9 Å². The van der Waals surface area contributed by atoms with Gasteiger partial charge in [0, 0.05) is 17.5 Å². The third-order valence-electron chi connectivity index (χ3n) is 4.46. The van der Waals surface area contributed by atoms with Crippen LogP contribution in [0.1, 0.15) is 11.1 Å². The topological polar surface area (TPSA) is 101 Å². The van der Waals surface area contributed by atoms with Crippen LogP contribution in [-0.4, -0.2) is 68.4 Å². The van der Waals surface area contributed by atoms with Gasteiger partial charge in [0.1, 0.15) is 17.2 Å². The van der Waals surface area contributed by atoms with Gasteiger partial charge in [0.15, 0.2) is 21.3 Å². The van der Waals surface area contributed by atoms with E-state index in [-0.39, 0.29) is 18.0 Å². The molecule has 0 amide bonds. The molecule has 0 N–H and O–H groups in total. The van der Waals surface area contributed by atoms with Crippen LogP contribution in [0, 0.1) is 0 Å². The lowest BCUT2D eigenvalue weighted by Crippen LogP contribution is -2.25. The molecule has 2 aromatic rings. The van der Waals surface area contributed by atoms with E-state index in [0.29, 0.717) is 34.1 Å². The van der Waals surface area contributed by atoms with Crippen molar-refractivity contribution in [2.45, 2.75) is 5.75 Å². The summed E-state index contributed by atoms with van der Waals surface area (Å²) in [7, 11) is 5.66. The average molecular weight is 480 g/mol. The number of carbonyl (C=O) groups excluding carboxylic acids is 1. The van der Waals surface area contributed by atoms with Crippen LogP contribution in [0.15, 0.2) is 35.7 Å². The Labute approximate surface area is 194 Å². The normalized spacial score (nSPS) is 11.5. The van der Waals surface area contributed by atoms with Crippen molar-refractivity contribution in [3.8, 4) is 28.7 Å². The summed E-state index contributed by atoms with van der Waals surface area (Å²) in [4.78, 5) is 13.7. The SMILES string of the molecule is COc1cc(OC)c(C=CS(=O)(=O)Cc2ccc(OC)c(OC(=O)CN(C)C)c2)c(OC)c1. The predicted molar refractivity (Wildman–Crippen MR) is 125 cm³/mol. The number of methoxy groups -OCH3 is 4. The van der Waals surface area contributed by atoms with Crippen molar-refractivity contribution < 1.29 is 36.9 Å². The number of benzene rings is 2. The molecule has 0 aliphatic carbocycles. The number of nitrogens with zero attached hydrogens (tertiary/aromatic N) is 1. The Hall–Kier alpha value is -3.24. The molecule has 0 fully saturated rings. The van der Waals surface area contributed by atoms with Crippen molar-refractivity contribution in [3.63, 3.8) is 0 Å². The lowest BCUT2D eigenvalue weighted by Gasteiger charge is -2.13. The predicted octanol–water partition coefficient (Wildman–Crippen LogP) is 2.77. The van der Waals surface area contributed by atoms with Crippen molar-refractivity contribution in [3.05, 3.63) is 46.9 Å². The van der Waals surface area contributed by atoms with Crippen LogP contribution >= 0.6 is 0 Å². The summed E-state index contributed by atoms with van der Waals surface area (Å²) in [5.41, 5.74) is 0.888. The summed E-state index contributed by atoms with van der Waals surface area (Å²) in [6.07, 6.45) is 1.41. The Bertz CT molecular complexity index is 1080. The smallest absolute Gasteiger partial charge is 0.325 e. The molecule has 2 rings (SSSR count). The minimum atomic E-state index is -3.69. The summed E-state index contributed by atoms with van der Waals surface area (Å²) in [5, 5.41) is 1.09. The average Bonchev–Trinajstić information content (AvgIpc) is 2.76. The Morgan fingerprint density at radius 3 is 2.00 bits per heavy atom. The van der Waals surface area contributed by atoms with Crippen LogP contribution in [0.2, 0.25) is 0 Å². The van der Waals surface area contributed by atoms with Crippen LogP contribution in [-0.2, 0) is 20.4 Å². The van der Waals surface area contributed by atoms with Crippen molar-refractivity contribution in [2.75, 3.05) is 49.1 Å². The van der Waals surface area contributed by atoms with Crippen LogP contribution in [0.25, 0.3) is 6.08 Å². The largest absolute Gasteiger partial charge is 0.496 e. The molecule has 0 saturated carbocycles. The number of hydrogen-bond donors (Lipinski definition) is 0. The Kier molecular flexibility index (Phi) is 9.12. The molecule has 0 aliphatic heterocycles. The van der Waals surface area contributed by atoms with Gasteiger partial charge in [-0.05, 0) is 37.9 Å². The molecule has 0 heterocycles. The van der Waals surface area contributed by atoms with Crippen LogP contribution in [0.5, 0.6) is 28.7 Å². The standard InChI is InChI=1S/C23H29NO8S/c1-24(2)14-23(25)32-22-11-16(7-8-19(22)29-4)15-33(26,27)10-9-18-20(30-5)12-17(28-3)13-21(18)31-6/h7-13H,14-15H2,1-6H3. The van der Waals surface area contributed by atoms with Crippen LogP contribution in [0.4, 0.5) is 0 Å². The number of ether oxygens (including phenoxy) is 5. The monoisotopic (exact) mass is 479 g/mol. The number of hydrogen-bond acceptors (Lipinski definition) is 9. The first kappa shape index (κ1) is 26.0. The fourth-order valence-corrected chi connectivity index (χ4v) is 4.04. The summed E-state index contributed by atoms with van der Waals surface area (Å²) in [5.74, 6) is 0.988. The van der Waals surface area contributed by atoms with Crippen molar-refractivity contribution in [1.29, 1.82) is 0 Å². The molecule has 9 nitrogen and oxygen atoms in total. The highest BCUT2D eigenvalue weighted by Gasteiger charge is 2.16. The summed E-state index contributed by atoms with van der Waals surface area (Å²) in [6, 6.07) is 7.90. The molecule has 0 radical (unpaired) electrons. The van der Waals surface area contributed by atoms with Gasteiger partial charge in [-0.25, -0.2) is 8.42 Å². The molecule has 180 valence electrons. The molecule has 2 aromatic carbocycles. The molecule has 0 aliphatic rings. The highest BCUT2D eigenvalue weighted by Crippen LogP contribution is 2.35. The number of likely N-dealkylation sites (N-methyl/N-ethyl adjacent to an activating group) is 1. The Morgan fingerprint density at radius 2 is 1.48 bits per heavy atom. The highest BCUT2D eigenvalue weighted by atomic mass is 32.2. The first-order valence-electron chi connectivity index (χ1n) is 9.85. The molecular weight excluding hydrogens is 450 g/mol. The second-order valence-corrected chi connectivity index (χ2v) is 9.14. The highest BCUT2D eigenvalue weighted by molar-refractivity contribution is 7.93. The van der Waals surface area contributed by atoms with Gasteiger partial charge in [0.05, 0.1) is 46.3 Å². The first-order valence-corrected chi connectivity index (χ1v) is 11.6. The maximum Gasteiger partial charge on any atom is 0.325 e. The quantitative estimate of drug-likeness (QED) is 0.356. The van der Waals surface area contributed by atoms with Gasteiger partial charge in [-0.1, -0.05) is 6.07 Å². The van der Waals surface area contributed by atoms with Gasteiger partial charge in [-0.2, -0.15) is 0 Å². The van der Waals surface area contributed by atoms with E-state index in [1.165, 1.54) is 40.6 Å². The summed E-state index contributed by atoms with van der Waals surface area (Å²) >= 11 is 0. The second kappa shape index (κ2) is 11.6. The molecule has 33 heavy (non-hydrogen) atoms. The molecule has 0 spiro atoms. The maximum atomic E-state index is 12.8. The van der Waals surface area contributed by atoms with E-state index in [4.69, 9.17) is 23.7 Å². The molecule has 10 heteroatoms. The first-order chi connectivity index (χ1) is 15.6. The Morgan fingerprint density at radius 1 is 0.879 bits per heavy atom.